The lowest BCUT2D eigenvalue weighted by Gasteiger charge is -2.08. The molecule has 0 saturated heterocycles. The zero-order valence-electron chi connectivity index (χ0n) is 13.6. The number of rotatable bonds is 4. The van der Waals surface area contributed by atoms with Crippen LogP contribution in [0, 0.1) is 6.92 Å². The van der Waals surface area contributed by atoms with E-state index in [4.69, 9.17) is 0 Å². The van der Waals surface area contributed by atoms with Gasteiger partial charge in [0.25, 0.3) is 5.91 Å². The molecule has 3 aromatic heterocycles. The van der Waals surface area contributed by atoms with Crippen molar-refractivity contribution in [2.75, 3.05) is 0 Å². The molecule has 0 aliphatic rings. The smallest absolute Gasteiger partial charge is 0.253 e. The van der Waals surface area contributed by atoms with E-state index in [1.165, 1.54) is 0 Å². The molecule has 0 atom stereocenters. The number of benzene rings is 1. The minimum Gasteiger partial charge on any atom is -0.348 e. The largest absolute Gasteiger partial charge is 0.348 e. The quantitative estimate of drug-likeness (QED) is 0.600. The van der Waals surface area contributed by atoms with Crippen LogP contribution in [0.25, 0.3) is 16.7 Å². The van der Waals surface area contributed by atoms with Crippen molar-refractivity contribution in [1.82, 2.24) is 30.0 Å². The number of aryl methyl sites for hydroxylation is 1. The van der Waals surface area contributed by atoms with Crippen molar-refractivity contribution < 1.29 is 4.79 Å². The van der Waals surface area contributed by atoms with E-state index in [2.05, 4.69) is 25.5 Å². The van der Waals surface area contributed by atoms with Crippen LogP contribution in [-0.4, -0.2) is 30.6 Å². The van der Waals surface area contributed by atoms with Crippen molar-refractivity contribution in [3.05, 3.63) is 72.1 Å². The third-order valence-corrected chi connectivity index (χ3v) is 3.97. The molecule has 0 saturated carbocycles. The van der Waals surface area contributed by atoms with E-state index in [0.717, 1.165) is 27.8 Å². The topological polar surface area (TPSA) is 88.5 Å². The second-order valence-corrected chi connectivity index (χ2v) is 5.82. The van der Waals surface area contributed by atoms with Crippen LogP contribution in [0.2, 0.25) is 0 Å². The molecule has 0 spiro atoms. The average molecular weight is 332 g/mol. The summed E-state index contributed by atoms with van der Waals surface area (Å²) < 4.78 is 1.82. The Balaban J connectivity index is 1.54. The molecule has 1 amide bonds. The maximum atomic E-state index is 12.6. The number of hydrogen-bond acceptors (Lipinski definition) is 4. The molecule has 2 N–H and O–H groups in total. The Bertz CT molecular complexity index is 1030. The summed E-state index contributed by atoms with van der Waals surface area (Å²) in [6, 6.07) is 7.65. The lowest BCUT2D eigenvalue weighted by Crippen LogP contribution is -2.23. The number of imidazole rings is 1. The van der Waals surface area contributed by atoms with E-state index in [1.807, 2.05) is 42.0 Å². The van der Waals surface area contributed by atoms with Gasteiger partial charge in [-0.25, -0.2) is 9.97 Å². The lowest BCUT2D eigenvalue weighted by molar-refractivity contribution is 0.0952. The molecule has 7 nitrogen and oxygen atoms in total. The van der Waals surface area contributed by atoms with Gasteiger partial charge in [-0.15, -0.1) is 0 Å². The van der Waals surface area contributed by atoms with Crippen LogP contribution in [0.3, 0.4) is 0 Å². The number of fused-ring (bicyclic) bond motifs is 1. The van der Waals surface area contributed by atoms with Gasteiger partial charge in [0.2, 0.25) is 0 Å². The van der Waals surface area contributed by atoms with E-state index < -0.39 is 0 Å². The van der Waals surface area contributed by atoms with Gasteiger partial charge in [-0.2, -0.15) is 5.10 Å². The zero-order chi connectivity index (χ0) is 17.2. The molecule has 4 aromatic rings. The van der Waals surface area contributed by atoms with Gasteiger partial charge in [0, 0.05) is 30.5 Å². The van der Waals surface area contributed by atoms with E-state index in [-0.39, 0.29) is 5.91 Å². The highest BCUT2D eigenvalue weighted by atomic mass is 16.1. The molecule has 124 valence electrons. The molecule has 0 unspecified atom stereocenters. The minimum absolute atomic E-state index is 0.140. The number of nitrogens with zero attached hydrogens (tertiary/aromatic N) is 4. The number of amides is 1. The minimum atomic E-state index is -0.140. The van der Waals surface area contributed by atoms with Gasteiger partial charge in [-0.05, 0) is 42.3 Å². The first-order valence-corrected chi connectivity index (χ1v) is 7.86. The summed E-state index contributed by atoms with van der Waals surface area (Å²) >= 11 is 0. The number of carbonyl (C=O) groups excluding carboxylic acids is 1. The molecular formula is C18H16N6O. The van der Waals surface area contributed by atoms with Crippen LogP contribution in [0.15, 0.2) is 55.4 Å². The second kappa shape index (κ2) is 6.20. The first kappa shape index (κ1) is 15.1. The van der Waals surface area contributed by atoms with Crippen LogP contribution in [0.4, 0.5) is 0 Å². The third-order valence-electron chi connectivity index (χ3n) is 3.97. The fourth-order valence-corrected chi connectivity index (χ4v) is 2.77. The molecule has 3 heterocycles. The number of aromatic amines is 1. The molecule has 0 bridgehead atoms. The third kappa shape index (κ3) is 2.99. The van der Waals surface area contributed by atoms with Crippen LogP contribution < -0.4 is 5.32 Å². The number of hydrogen-bond donors (Lipinski definition) is 2. The maximum absolute atomic E-state index is 12.6. The molecule has 7 heteroatoms. The Labute approximate surface area is 143 Å². The molecule has 25 heavy (non-hydrogen) atoms. The van der Waals surface area contributed by atoms with Gasteiger partial charge in [0.15, 0.2) is 0 Å². The fraction of sp³-hybridized carbons (Fsp3) is 0.111. The summed E-state index contributed by atoms with van der Waals surface area (Å²) in [7, 11) is 0. The highest BCUT2D eigenvalue weighted by Crippen LogP contribution is 2.18. The van der Waals surface area contributed by atoms with Crippen molar-refractivity contribution in [1.29, 1.82) is 0 Å². The number of nitrogens with one attached hydrogen (secondary N) is 2. The molecule has 0 fully saturated rings. The maximum Gasteiger partial charge on any atom is 0.253 e. The fourth-order valence-electron chi connectivity index (χ4n) is 2.77. The molecule has 0 aliphatic heterocycles. The average Bonchev–Trinajstić information content (AvgIpc) is 3.30. The van der Waals surface area contributed by atoms with Gasteiger partial charge in [0.05, 0.1) is 17.3 Å². The molecule has 0 aliphatic carbocycles. The lowest BCUT2D eigenvalue weighted by atomic mass is 10.1. The summed E-state index contributed by atoms with van der Waals surface area (Å²) in [5, 5.41) is 10.8. The number of aromatic nitrogens is 5. The van der Waals surface area contributed by atoms with Crippen molar-refractivity contribution in [3.63, 3.8) is 0 Å². The van der Waals surface area contributed by atoms with E-state index in [1.54, 1.807) is 24.9 Å². The molecule has 1 aromatic carbocycles. The van der Waals surface area contributed by atoms with E-state index in [0.29, 0.717) is 12.1 Å². The molecule has 0 radical (unpaired) electrons. The molecule has 4 rings (SSSR count). The summed E-state index contributed by atoms with van der Waals surface area (Å²) in [4.78, 5) is 20.9. The van der Waals surface area contributed by atoms with Gasteiger partial charge >= 0.3 is 0 Å². The van der Waals surface area contributed by atoms with Crippen molar-refractivity contribution in [2.45, 2.75) is 13.5 Å². The van der Waals surface area contributed by atoms with Crippen LogP contribution in [0.5, 0.6) is 0 Å². The van der Waals surface area contributed by atoms with Gasteiger partial charge in [-0.3, -0.25) is 14.5 Å². The van der Waals surface area contributed by atoms with Gasteiger partial charge in [0.1, 0.15) is 12.1 Å². The number of pyridine rings is 1. The van der Waals surface area contributed by atoms with Crippen molar-refractivity contribution in [3.8, 4) is 5.82 Å². The monoisotopic (exact) mass is 332 g/mol. The Kier molecular flexibility index (Phi) is 3.74. The predicted octanol–water partition coefficient (Wildman–Crippen LogP) is 2.38. The van der Waals surface area contributed by atoms with Gasteiger partial charge < -0.3 is 5.32 Å². The Morgan fingerprint density at radius 3 is 3.04 bits per heavy atom. The highest BCUT2D eigenvalue weighted by molar-refractivity contribution is 6.05. The standard InChI is InChI=1S/C18H16N6O/c1-12-6-14-10-22-23-17(14)15(7-12)18(25)21-9-13-2-3-20-16(8-13)24-5-4-19-11-24/h2-8,10-11H,9H2,1H3,(H,21,25)(H,22,23). The summed E-state index contributed by atoms with van der Waals surface area (Å²) in [5.74, 6) is 0.620. The van der Waals surface area contributed by atoms with Crippen LogP contribution >= 0.6 is 0 Å². The first-order valence-electron chi connectivity index (χ1n) is 7.86. The number of carbonyl (C=O) groups is 1. The van der Waals surface area contributed by atoms with Gasteiger partial charge in [-0.1, -0.05) is 0 Å². The summed E-state index contributed by atoms with van der Waals surface area (Å²) in [5.41, 5.74) is 3.32. The van der Waals surface area contributed by atoms with Crippen LogP contribution in [-0.2, 0) is 6.54 Å². The zero-order valence-corrected chi connectivity index (χ0v) is 13.6. The molecular weight excluding hydrogens is 316 g/mol. The van der Waals surface area contributed by atoms with Crippen molar-refractivity contribution in [2.24, 2.45) is 0 Å². The SMILES string of the molecule is Cc1cc(C(=O)NCc2ccnc(-n3ccnc3)c2)c2[nH]ncc2c1. The number of H-pyrrole nitrogens is 1. The second-order valence-electron chi connectivity index (χ2n) is 5.82. The van der Waals surface area contributed by atoms with E-state index >= 15 is 0 Å². The Morgan fingerprint density at radius 1 is 1.28 bits per heavy atom. The highest BCUT2D eigenvalue weighted by Gasteiger charge is 2.12. The van der Waals surface area contributed by atoms with Crippen molar-refractivity contribution >= 4 is 16.8 Å². The van der Waals surface area contributed by atoms with E-state index in [9.17, 15) is 4.79 Å². The van der Waals surface area contributed by atoms with Crippen LogP contribution in [0.1, 0.15) is 21.5 Å². The Hall–Kier alpha value is -3.48. The normalized spacial score (nSPS) is 10.9. The summed E-state index contributed by atoms with van der Waals surface area (Å²) in [6.07, 6.45) is 8.65. The predicted molar refractivity (Wildman–Crippen MR) is 93.4 cm³/mol. The Morgan fingerprint density at radius 2 is 2.20 bits per heavy atom. The summed E-state index contributed by atoms with van der Waals surface area (Å²) in [6.45, 7) is 2.37. The first-order chi connectivity index (χ1) is 12.2.